The van der Waals surface area contributed by atoms with Crippen LogP contribution < -0.4 is 19.5 Å². The first kappa shape index (κ1) is 31.8. The first-order valence-corrected chi connectivity index (χ1v) is 16.6. The minimum Gasteiger partial charge on any atom is -0.494 e. The fraction of sp³-hybridized carbons (Fsp3) is 0.438. The Hall–Kier alpha value is -2.68. The Kier molecular flexibility index (Phi) is 14.2. The molecule has 0 bridgehead atoms. The highest BCUT2D eigenvalue weighted by Gasteiger charge is 2.08. The Labute approximate surface area is 251 Å². The van der Waals surface area contributed by atoms with Crippen LogP contribution in [0.15, 0.2) is 60.7 Å². The number of benzene rings is 2. The zero-order valence-electron chi connectivity index (χ0n) is 23.8. The van der Waals surface area contributed by atoms with E-state index in [4.69, 9.17) is 26.4 Å². The van der Waals surface area contributed by atoms with E-state index in [1.54, 1.807) is 27.8 Å². The summed E-state index contributed by atoms with van der Waals surface area (Å²) in [7, 11) is 4.97. The fourth-order valence-electron chi connectivity index (χ4n) is 3.99. The summed E-state index contributed by atoms with van der Waals surface area (Å²) in [5, 5.41) is 3.01. The first-order valence-electron chi connectivity index (χ1n) is 14.0. The van der Waals surface area contributed by atoms with Gasteiger partial charge in [-0.2, -0.15) is 0 Å². The van der Waals surface area contributed by atoms with Gasteiger partial charge >= 0.3 is 0 Å². The van der Waals surface area contributed by atoms with E-state index in [-0.39, 0.29) is 5.91 Å². The zero-order valence-corrected chi connectivity index (χ0v) is 26.2. The van der Waals surface area contributed by atoms with Crippen LogP contribution in [0, 0.1) is 9.74 Å². The number of ether oxygens (including phenoxy) is 3. The van der Waals surface area contributed by atoms with Crippen LogP contribution in [0.5, 0.6) is 17.2 Å². The molecule has 1 N–H and O–H groups in total. The normalized spacial score (nSPS) is 11.2. The lowest BCUT2D eigenvalue weighted by molar-refractivity contribution is -0.121. The minimum absolute atomic E-state index is 0.0817. The molecule has 0 atom stereocenters. The molecular weight excluding hydrogens is 559 g/mol. The van der Waals surface area contributed by atoms with Gasteiger partial charge < -0.3 is 19.5 Å². The predicted molar refractivity (Wildman–Crippen MR) is 171 cm³/mol. The van der Waals surface area contributed by atoms with Gasteiger partial charge in [0.15, 0.2) is 11.5 Å². The van der Waals surface area contributed by atoms with Crippen LogP contribution in [0.1, 0.15) is 64.4 Å². The molecule has 0 aliphatic carbocycles. The van der Waals surface area contributed by atoms with Crippen molar-refractivity contribution in [3.8, 4) is 27.7 Å². The smallest absolute Gasteiger partial charge is 0.220 e. The summed E-state index contributed by atoms with van der Waals surface area (Å²) in [6.45, 7) is 6.11. The van der Waals surface area contributed by atoms with Gasteiger partial charge in [0, 0.05) is 17.8 Å². The van der Waals surface area contributed by atoms with Gasteiger partial charge in [0.1, 0.15) is 9.57 Å². The second-order valence-electron chi connectivity index (χ2n) is 9.96. The van der Waals surface area contributed by atoms with Crippen molar-refractivity contribution in [3.63, 3.8) is 0 Å². The number of rotatable bonds is 18. The average Bonchev–Trinajstić information content (AvgIpc) is 3.39. The SMILES string of the molecule is COc1cc(CNC(=O)CCCC/C=C/C(C)C)ccc1OCCCCCOc1ccc(-c2cc(=S)ss2)cc1. The standard InChI is InChI=1S/C32H41NO4S3/c1-24(2)11-7-4-5-8-12-31(34)33-23-25-13-18-28(29(21-25)35-3)37-20-10-6-9-19-36-27-16-14-26(15-17-27)30-22-32(38)40-39-30/h7,11,13-18,21-22,24H,4-6,8-10,12,19-20,23H2,1-3H3,(H,33,34)/b11-7+. The van der Waals surface area contributed by atoms with E-state index in [9.17, 15) is 4.79 Å². The molecule has 0 saturated heterocycles. The molecule has 8 heteroatoms. The molecule has 0 aliphatic heterocycles. The Morgan fingerprint density at radius 3 is 2.40 bits per heavy atom. The van der Waals surface area contributed by atoms with Gasteiger partial charge in [-0.25, -0.2) is 0 Å². The van der Waals surface area contributed by atoms with E-state index in [1.165, 1.54) is 10.4 Å². The van der Waals surface area contributed by atoms with Crippen molar-refractivity contribution in [2.24, 2.45) is 5.92 Å². The van der Waals surface area contributed by atoms with Crippen LogP contribution >= 0.6 is 32.9 Å². The molecule has 3 aromatic rings. The molecule has 0 unspecified atom stereocenters. The summed E-state index contributed by atoms with van der Waals surface area (Å²) in [5.74, 6) is 2.95. The number of carbonyl (C=O) groups is 1. The van der Waals surface area contributed by atoms with Crippen molar-refractivity contribution in [3.05, 3.63) is 70.1 Å². The lowest BCUT2D eigenvalue weighted by Crippen LogP contribution is -2.22. The van der Waals surface area contributed by atoms with Crippen molar-refractivity contribution in [2.75, 3.05) is 20.3 Å². The monoisotopic (exact) mass is 599 g/mol. The van der Waals surface area contributed by atoms with E-state index in [0.29, 0.717) is 37.8 Å². The van der Waals surface area contributed by atoms with Crippen LogP contribution in [0.3, 0.4) is 0 Å². The third-order valence-corrected chi connectivity index (χ3v) is 9.09. The summed E-state index contributed by atoms with van der Waals surface area (Å²) < 4.78 is 18.3. The number of hydrogen-bond acceptors (Lipinski definition) is 7. The summed E-state index contributed by atoms with van der Waals surface area (Å²) in [4.78, 5) is 13.4. The summed E-state index contributed by atoms with van der Waals surface area (Å²) in [5.41, 5.74) is 2.16. The second kappa shape index (κ2) is 17.9. The number of nitrogens with one attached hydrogen (secondary N) is 1. The molecule has 1 amide bonds. The molecule has 0 aliphatic rings. The number of hydrogen-bond donors (Lipinski definition) is 1. The highest BCUT2D eigenvalue weighted by molar-refractivity contribution is 7.80. The van der Waals surface area contributed by atoms with Crippen molar-refractivity contribution in [1.29, 1.82) is 0 Å². The number of amides is 1. The van der Waals surface area contributed by atoms with Gasteiger partial charge in [0.2, 0.25) is 5.91 Å². The third kappa shape index (κ3) is 11.8. The highest BCUT2D eigenvalue weighted by atomic mass is 32.9. The molecule has 0 radical (unpaired) electrons. The van der Waals surface area contributed by atoms with Crippen molar-refractivity contribution >= 4 is 38.8 Å². The highest BCUT2D eigenvalue weighted by Crippen LogP contribution is 2.31. The van der Waals surface area contributed by atoms with Gasteiger partial charge in [-0.3, -0.25) is 4.79 Å². The Morgan fingerprint density at radius 1 is 0.925 bits per heavy atom. The van der Waals surface area contributed by atoms with Gasteiger partial charge in [-0.15, -0.1) is 0 Å². The van der Waals surface area contributed by atoms with Crippen molar-refractivity contribution in [1.82, 2.24) is 5.32 Å². The largest absolute Gasteiger partial charge is 0.494 e. The molecule has 0 spiro atoms. The third-order valence-electron chi connectivity index (χ3n) is 6.18. The van der Waals surface area contributed by atoms with Gasteiger partial charge in [0.05, 0.1) is 20.3 Å². The quantitative estimate of drug-likeness (QED) is 0.0684. The molecule has 0 saturated carbocycles. The minimum atomic E-state index is 0.0817. The molecule has 0 fully saturated rings. The van der Waals surface area contributed by atoms with E-state index < -0.39 is 0 Å². The molecule has 1 heterocycles. The number of carbonyl (C=O) groups excluding carboxylic acids is 1. The van der Waals surface area contributed by atoms with Crippen LogP contribution in [0.2, 0.25) is 0 Å². The summed E-state index contributed by atoms with van der Waals surface area (Å²) >= 11 is 5.22. The van der Waals surface area contributed by atoms with Gasteiger partial charge in [-0.1, -0.05) is 65.0 Å². The van der Waals surface area contributed by atoms with E-state index in [1.807, 2.05) is 36.4 Å². The lowest BCUT2D eigenvalue weighted by Gasteiger charge is -2.13. The maximum Gasteiger partial charge on any atom is 0.220 e. The molecule has 40 heavy (non-hydrogen) atoms. The maximum atomic E-state index is 12.2. The van der Waals surface area contributed by atoms with Crippen LogP contribution in [-0.4, -0.2) is 26.2 Å². The van der Waals surface area contributed by atoms with E-state index in [2.05, 4.69) is 43.4 Å². The Balaban J connectivity index is 1.28. The fourth-order valence-corrected chi connectivity index (χ4v) is 6.39. The number of unbranched alkanes of at least 4 members (excludes halogenated alkanes) is 4. The summed E-state index contributed by atoms with van der Waals surface area (Å²) in [6, 6.07) is 16.1. The lowest BCUT2D eigenvalue weighted by atomic mass is 10.1. The molecular formula is C32H41NO4S3. The summed E-state index contributed by atoms with van der Waals surface area (Å²) in [6.07, 6.45) is 10.8. The average molecular weight is 600 g/mol. The van der Waals surface area contributed by atoms with E-state index in [0.717, 1.165) is 59.4 Å². The molecule has 5 nitrogen and oxygen atoms in total. The van der Waals surface area contributed by atoms with Gasteiger partial charge in [0.25, 0.3) is 0 Å². The second-order valence-corrected chi connectivity index (χ2v) is 12.9. The number of allylic oxidation sites excluding steroid dienone is 2. The predicted octanol–water partition coefficient (Wildman–Crippen LogP) is 9.23. The number of methoxy groups -OCH3 is 1. The molecule has 3 rings (SSSR count). The van der Waals surface area contributed by atoms with E-state index >= 15 is 0 Å². The first-order chi connectivity index (χ1) is 19.4. The van der Waals surface area contributed by atoms with Crippen LogP contribution in [-0.2, 0) is 11.3 Å². The molecule has 216 valence electrons. The zero-order chi connectivity index (χ0) is 28.6. The van der Waals surface area contributed by atoms with Crippen LogP contribution in [0.25, 0.3) is 10.4 Å². The molecule has 1 aromatic heterocycles. The van der Waals surface area contributed by atoms with Crippen molar-refractivity contribution in [2.45, 2.75) is 65.3 Å². The van der Waals surface area contributed by atoms with Gasteiger partial charge in [-0.05, 0) is 98.0 Å². The molecule has 2 aromatic carbocycles. The Morgan fingerprint density at radius 2 is 1.70 bits per heavy atom. The van der Waals surface area contributed by atoms with Crippen molar-refractivity contribution < 1.29 is 19.0 Å². The topological polar surface area (TPSA) is 56.8 Å². The maximum absolute atomic E-state index is 12.2. The van der Waals surface area contributed by atoms with Crippen LogP contribution in [0.4, 0.5) is 0 Å². The Bertz CT molecular complexity index is 1250.